The Kier molecular flexibility index (Phi) is 4.18. The highest BCUT2D eigenvalue weighted by molar-refractivity contribution is 5.69. The van der Waals surface area contributed by atoms with Crippen LogP contribution in [0.2, 0.25) is 0 Å². The van der Waals surface area contributed by atoms with Crippen molar-refractivity contribution < 1.29 is 9.84 Å². The van der Waals surface area contributed by atoms with Crippen molar-refractivity contribution in [1.82, 2.24) is 4.90 Å². The zero-order chi connectivity index (χ0) is 19.3. The second-order valence-corrected chi connectivity index (χ2v) is 8.64. The first kappa shape index (κ1) is 17.7. The van der Waals surface area contributed by atoms with Gasteiger partial charge in [-0.05, 0) is 47.4 Å². The van der Waals surface area contributed by atoms with Crippen LogP contribution in [-0.4, -0.2) is 36.3 Å². The van der Waals surface area contributed by atoms with E-state index in [1.54, 1.807) is 0 Å². The molecule has 2 unspecified atom stereocenters. The molecule has 0 spiro atoms. The molecule has 2 atom stereocenters. The van der Waals surface area contributed by atoms with Crippen LogP contribution >= 0.6 is 0 Å². The maximum Gasteiger partial charge on any atom is 0.136 e. The second-order valence-electron chi connectivity index (χ2n) is 8.64. The summed E-state index contributed by atoms with van der Waals surface area (Å²) in [6.07, 6.45) is 3.64. The van der Waals surface area contributed by atoms with E-state index in [4.69, 9.17) is 4.74 Å². The van der Waals surface area contributed by atoms with Crippen LogP contribution in [0, 0.1) is 18.8 Å². The highest BCUT2D eigenvalue weighted by atomic mass is 16.5. The molecule has 5 rings (SSSR count). The average Bonchev–Trinajstić information content (AvgIpc) is 3.25. The Morgan fingerprint density at radius 2 is 1.79 bits per heavy atom. The van der Waals surface area contributed by atoms with E-state index in [9.17, 15) is 5.11 Å². The fourth-order valence-electron chi connectivity index (χ4n) is 4.73. The van der Waals surface area contributed by atoms with Crippen LogP contribution in [0.4, 0.5) is 0 Å². The zero-order valence-corrected chi connectivity index (χ0v) is 16.4. The first-order valence-electron chi connectivity index (χ1n) is 10.1. The lowest BCUT2D eigenvalue weighted by molar-refractivity contribution is -0.184. The van der Waals surface area contributed by atoms with Crippen molar-refractivity contribution >= 4 is 11.3 Å². The lowest BCUT2D eigenvalue weighted by Crippen LogP contribution is -2.46. The van der Waals surface area contributed by atoms with Crippen LogP contribution in [-0.2, 0) is 10.3 Å². The summed E-state index contributed by atoms with van der Waals surface area (Å²) in [6, 6.07) is 17.1. The Morgan fingerprint density at radius 3 is 2.39 bits per heavy atom. The number of nitrogens with zero attached hydrogens (tertiary/aromatic N) is 1. The molecule has 0 amide bonds. The molecular weight excluding hydrogens is 346 g/mol. The first-order chi connectivity index (χ1) is 13.5. The summed E-state index contributed by atoms with van der Waals surface area (Å²) in [5, 5.41) is 10.4. The number of aryl methyl sites for hydroxylation is 1. The summed E-state index contributed by atoms with van der Waals surface area (Å²) in [6.45, 7) is 9.38. The van der Waals surface area contributed by atoms with Crippen molar-refractivity contribution in [3.63, 3.8) is 0 Å². The second kappa shape index (κ2) is 6.61. The molecule has 2 aliphatic heterocycles. The van der Waals surface area contributed by atoms with Gasteiger partial charge in [0.2, 0.25) is 0 Å². The molecule has 0 radical (unpaired) electrons. The smallest absolute Gasteiger partial charge is 0.136 e. The van der Waals surface area contributed by atoms with E-state index in [-0.39, 0.29) is 0 Å². The van der Waals surface area contributed by atoms with E-state index in [2.05, 4.69) is 60.9 Å². The van der Waals surface area contributed by atoms with Gasteiger partial charge >= 0.3 is 0 Å². The lowest BCUT2D eigenvalue weighted by atomic mass is 9.91. The quantitative estimate of drug-likeness (QED) is 0.871. The third-order valence-corrected chi connectivity index (χ3v) is 6.63. The molecule has 0 saturated carbocycles. The fourth-order valence-corrected chi connectivity index (χ4v) is 4.73. The number of hydrogen-bond donors (Lipinski definition) is 1. The predicted octanol–water partition coefficient (Wildman–Crippen LogP) is 4.22. The molecule has 3 nitrogen and oxygen atoms in total. The van der Waals surface area contributed by atoms with Crippen LogP contribution in [0.15, 0.2) is 61.2 Å². The zero-order valence-electron chi connectivity index (χ0n) is 16.4. The number of allylic oxidation sites excluding steroid dienone is 1. The minimum atomic E-state index is -0.804. The minimum Gasteiger partial charge on any atom is -0.380 e. The molecule has 144 valence electrons. The third-order valence-electron chi connectivity index (χ3n) is 6.63. The molecule has 2 aromatic rings. The number of likely N-dealkylation sites (tertiary alicyclic amines) is 1. The van der Waals surface area contributed by atoms with E-state index in [0.29, 0.717) is 25.0 Å². The molecule has 0 bridgehead atoms. The van der Waals surface area contributed by atoms with Crippen molar-refractivity contribution in [1.29, 1.82) is 0 Å². The van der Waals surface area contributed by atoms with Crippen molar-refractivity contribution in [3.05, 3.63) is 83.4 Å². The molecule has 2 heterocycles. The Labute approximate surface area is 167 Å². The number of benzene rings is 2. The Hall–Kier alpha value is -2.36. The van der Waals surface area contributed by atoms with Gasteiger partial charge in [-0.15, -0.1) is 0 Å². The fraction of sp³-hybridized carbons (Fsp3) is 0.360. The van der Waals surface area contributed by atoms with Gasteiger partial charge in [0.1, 0.15) is 5.60 Å². The van der Waals surface area contributed by atoms with Crippen LogP contribution in [0.25, 0.3) is 11.3 Å². The molecule has 28 heavy (non-hydrogen) atoms. The molecule has 3 heteroatoms. The highest BCUT2D eigenvalue weighted by Gasteiger charge is 2.39. The monoisotopic (exact) mass is 373 g/mol. The summed E-state index contributed by atoms with van der Waals surface area (Å²) in [7, 11) is 0. The maximum absolute atomic E-state index is 10.4. The van der Waals surface area contributed by atoms with Gasteiger partial charge in [-0.3, -0.25) is 0 Å². The molecule has 0 aromatic heterocycles. The van der Waals surface area contributed by atoms with Gasteiger partial charge in [-0.2, -0.15) is 0 Å². The summed E-state index contributed by atoms with van der Waals surface area (Å²) in [5.74, 6) is 1.29. The van der Waals surface area contributed by atoms with Crippen molar-refractivity contribution in [2.45, 2.75) is 18.9 Å². The molecule has 1 aliphatic carbocycles. The molecule has 1 N–H and O–H groups in total. The number of rotatable bonds is 4. The summed E-state index contributed by atoms with van der Waals surface area (Å²) >= 11 is 0. The van der Waals surface area contributed by atoms with Gasteiger partial charge in [-0.25, -0.2) is 0 Å². The normalized spacial score (nSPS) is 25.2. The first-order valence-corrected chi connectivity index (χ1v) is 10.1. The number of hydrogen-bond acceptors (Lipinski definition) is 3. The van der Waals surface area contributed by atoms with Crippen LogP contribution < -0.4 is 0 Å². The van der Waals surface area contributed by atoms with Gasteiger partial charge in [0.15, 0.2) is 0 Å². The topological polar surface area (TPSA) is 32.7 Å². The van der Waals surface area contributed by atoms with E-state index in [0.717, 1.165) is 36.3 Å². The van der Waals surface area contributed by atoms with E-state index < -0.39 is 5.60 Å². The molecule has 2 saturated heterocycles. The van der Waals surface area contributed by atoms with E-state index >= 15 is 0 Å². The summed E-state index contributed by atoms with van der Waals surface area (Å²) in [5.41, 5.74) is 6.53. The Balaban J connectivity index is 1.27. The number of fused-ring (bicyclic) bond motifs is 1. The largest absolute Gasteiger partial charge is 0.380 e. The van der Waals surface area contributed by atoms with Gasteiger partial charge in [-0.1, -0.05) is 66.7 Å². The van der Waals surface area contributed by atoms with Crippen molar-refractivity contribution in [2.75, 3.05) is 26.3 Å². The van der Waals surface area contributed by atoms with Crippen molar-refractivity contribution in [2.24, 2.45) is 11.8 Å². The van der Waals surface area contributed by atoms with Crippen LogP contribution in [0.3, 0.4) is 0 Å². The number of ether oxygens (including phenoxy) is 1. The molecule has 2 aromatic carbocycles. The van der Waals surface area contributed by atoms with E-state index in [1.165, 1.54) is 16.7 Å². The minimum absolute atomic E-state index is 0.387. The van der Waals surface area contributed by atoms with Crippen LogP contribution in [0.1, 0.15) is 28.7 Å². The van der Waals surface area contributed by atoms with Crippen molar-refractivity contribution in [3.8, 4) is 0 Å². The summed E-state index contributed by atoms with van der Waals surface area (Å²) < 4.78 is 5.16. The standard InChI is InChI=1S/C25H27NO2/c1-17-3-5-20(6-4-17)21-11-22-13-26(14-23(22)12-21)18(2)19-7-9-24(10-8-19)25(27)15-28-16-25/h3-11,22-23,27H,2,12-16H2,1H3. The van der Waals surface area contributed by atoms with Gasteiger partial charge in [0.25, 0.3) is 0 Å². The third kappa shape index (κ3) is 2.99. The number of aliphatic hydroxyl groups is 1. The maximum atomic E-state index is 10.4. The van der Waals surface area contributed by atoms with E-state index in [1.807, 2.05) is 12.1 Å². The summed E-state index contributed by atoms with van der Waals surface area (Å²) in [4.78, 5) is 2.42. The highest BCUT2D eigenvalue weighted by Crippen LogP contribution is 2.43. The Morgan fingerprint density at radius 1 is 1.07 bits per heavy atom. The predicted molar refractivity (Wildman–Crippen MR) is 113 cm³/mol. The lowest BCUT2D eigenvalue weighted by Gasteiger charge is -2.36. The molecule has 2 fully saturated rings. The van der Waals surface area contributed by atoms with Crippen LogP contribution in [0.5, 0.6) is 0 Å². The van der Waals surface area contributed by atoms with Gasteiger partial charge in [0, 0.05) is 18.8 Å². The van der Waals surface area contributed by atoms with Gasteiger partial charge in [0.05, 0.1) is 13.2 Å². The molecule has 3 aliphatic rings. The Bertz CT molecular complexity index is 922. The SMILES string of the molecule is C=C(c1ccc(C2(O)COC2)cc1)N1CC2C=C(c3ccc(C)cc3)CC2C1. The van der Waals surface area contributed by atoms with Gasteiger partial charge < -0.3 is 14.7 Å². The average molecular weight is 373 g/mol. The molecular formula is C25H27NO2.